The van der Waals surface area contributed by atoms with E-state index in [0.717, 1.165) is 22.9 Å². The summed E-state index contributed by atoms with van der Waals surface area (Å²) in [5.41, 5.74) is 3.57. The third kappa shape index (κ3) is 2.41. The summed E-state index contributed by atoms with van der Waals surface area (Å²) in [7, 11) is 0. The first-order chi connectivity index (χ1) is 8.70. The smallest absolute Gasteiger partial charge is 0.124 e. The van der Waals surface area contributed by atoms with Crippen molar-refractivity contribution in [2.75, 3.05) is 5.32 Å². The minimum absolute atomic E-state index is 0.185. The normalized spacial score (nSPS) is 17.3. The Morgan fingerprint density at radius 2 is 2.06 bits per heavy atom. The van der Waals surface area contributed by atoms with E-state index in [1.165, 1.54) is 17.3 Å². The molecule has 1 nitrogen and oxygen atoms in total. The summed E-state index contributed by atoms with van der Waals surface area (Å²) >= 11 is 3.33. The van der Waals surface area contributed by atoms with Gasteiger partial charge in [0.25, 0.3) is 0 Å². The lowest BCUT2D eigenvalue weighted by Gasteiger charge is -2.11. The molecule has 3 rings (SSSR count). The highest BCUT2D eigenvalue weighted by Gasteiger charge is 2.20. The summed E-state index contributed by atoms with van der Waals surface area (Å²) in [6.07, 6.45) is 1.84. The lowest BCUT2D eigenvalue weighted by atomic mass is 10.0. The maximum Gasteiger partial charge on any atom is 0.124 e. The van der Waals surface area contributed by atoms with Gasteiger partial charge in [0.15, 0.2) is 0 Å². The fraction of sp³-hybridized carbons (Fsp3) is 0.200. The molecule has 1 unspecified atom stereocenters. The number of hydrogen-bond acceptors (Lipinski definition) is 1. The first-order valence-corrected chi connectivity index (χ1v) is 6.79. The Morgan fingerprint density at radius 1 is 1.22 bits per heavy atom. The highest BCUT2D eigenvalue weighted by molar-refractivity contribution is 9.10. The summed E-state index contributed by atoms with van der Waals surface area (Å²) < 4.78 is 14.1. The van der Waals surface area contributed by atoms with E-state index < -0.39 is 0 Å². The van der Waals surface area contributed by atoms with E-state index in [2.05, 4.69) is 39.4 Å². The van der Waals surface area contributed by atoms with Crippen molar-refractivity contribution in [3.63, 3.8) is 0 Å². The standard InChI is InChI=1S/C15H13BrFN/c16-12-5-10(6-13(17)9-12)7-14-8-11-3-1-2-4-15(11)18-14/h1-6,9,14,18H,7-8H2. The monoisotopic (exact) mass is 305 g/mol. The molecule has 92 valence electrons. The zero-order valence-corrected chi connectivity index (χ0v) is 11.4. The van der Waals surface area contributed by atoms with Gasteiger partial charge in [0.05, 0.1) is 0 Å². The Bertz CT molecular complexity index is 537. The molecule has 18 heavy (non-hydrogen) atoms. The molecule has 0 aliphatic carbocycles. The molecule has 0 aromatic heterocycles. The molecule has 0 radical (unpaired) electrons. The van der Waals surface area contributed by atoms with Crippen LogP contribution in [0.3, 0.4) is 0 Å². The van der Waals surface area contributed by atoms with E-state index in [4.69, 9.17) is 0 Å². The van der Waals surface area contributed by atoms with Crippen LogP contribution in [0.4, 0.5) is 10.1 Å². The molecule has 1 N–H and O–H groups in total. The molecule has 3 heteroatoms. The molecule has 1 heterocycles. The molecule has 0 spiro atoms. The van der Waals surface area contributed by atoms with Crippen LogP contribution in [0.2, 0.25) is 0 Å². The number of fused-ring (bicyclic) bond motifs is 1. The average Bonchev–Trinajstić information content (AvgIpc) is 2.69. The Labute approximate surface area is 114 Å². The molecule has 0 saturated carbocycles. The van der Waals surface area contributed by atoms with E-state index >= 15 is 0 Å². The van der Waals surface area contributed by atoms with Crippen LogP contribution in [0.25, 0.3) is 0 Å². The zero-order chi connectivity index (χ0) is 12.5. The van der Waals surface area contributed by atoms with Crippen LogP contribution in [0.1, 0.15) is 11.1 Å². The van der Waals surface area contributed by atoms with Crippen molar-refractivity contribution in [2.45, 2.75) is 18.9 Å². The van der Waals surface area contributed by atoms with Gasteiger partial charge in [-0.05, 0) is 48.2 Å². The second-order valence-corrected chi connectivity index (χ2v) is 5.60. The summed E-state index contributed by atoms with van der Waals surface area (Å²) in [6.45, 7) is 0. The SMILES string of the molecule is Fc1cc(Br)cc(CC2Cc3ccccc3N2)c1. The minimum atomic E-state index is -0.185. The van der Waals surface area contributed by atoms with Crippen molar-refractivity contribution in [3.8, 4) is 0 Å². The van der Waals surface area contributed by atoms with Gasteiger partial charge in [0, 0.05) is 16.2 Å². The van der Waals surface area contributed by atoms with Crippen molar-refractivity contribution >= 4 is 21.6 Å². The predicted molar refractivity (Wildman–Crippen MR) is 75.4 cm³/mol. The second kappa shape index (κ2) is 4.73. The fourth-order valence-corrected chi connectivity index (χ4v) is 3.02. The quantitative estimate of drug-likeness (QED) is 0.878. The minimum Gasteiger partial charge on any atom is -0.381 e. The third-order valence-electron chi connectivity index (χ3n) is 3.25. The molecular formula is C15H13BrFN. The Morgan fingerprint density at radius 3 is 2.83 bits per heavy atom. The molecule has 1 aliphatic rings. The van der Waals surface area contributed by atoms with E-state index in [0.29, 0.717) is 6.04 Å². The van der Waals surface area contributed by atoms with Gasteiger partial charge >= 0.3 is 0 Å². The summed E-state index contributed by atoms with van der Waals surface area (Å²) in [6, 6.07) is 13.8. The molecule has 2 aromatic rings. The number of para-hydroxylation sites is 1. The van der Waals surface area contributed by atoms with E-state index in [9.17, 15) is 4.39 Å². The number of benzene rings is 2. The average molecular weight is 306 g/mol. The number of anilines is 1. The highest BCUT2D eigenvalue weighted by Crippen LogP contribution is 2.27. The first-order valence-electron chi connectivity index (χ1n) is 6.00. The van der Waals surface area contributed by atoms with E-state index in [1.54, 1.807) is 6.07 Å². The van der Waals surface area contributed by atoms with Crippen molar-refractivity contribution < 1.29 is 4.39 Å². The van der Waals surface area contributed by atoms with Gasteiger partial charge in [-0.15, -0.1) is 0 Å². The number of rotatable bonds is 2. The van der Waals surface area contributed by atoms with Crippen molar-refractivity contribution in [2.24, 2.45) is 0 Å². The van der Waals surface area contributed by atoms with Crippen LogP contribution in [-0.2, 0) is 12.8 Å². The molecule has 2 aromatic carbocycles. The van der Waals surface area contributed by atoms with Gasteiger partial charge in [0.1, 0.15) is 5.82 Å². The Kier molecular flexibility index (Phi) is 3.08. The summed E-state index contributed by atoms with van der Waals surface area (Å²) in [5, 5.41) is 3.48. The lowest BCUT2D eigenvalue weighted by molar-refractivity contribution is 0.622. The van der Waals surface area contributed by atoms with E-state index in [1.807, 2.05) is 12.1 Å². The van der Waals surface area contributed by atoms with Crippen molar-refractivity contribution in [1.29, 1.82) is 0 Å². The number of hydrogen-bond donors (Lipinski definition) is 1. The molecule has 0 amide bonds. The number of halogens is 2. The topological polar surface area (TPSA) is 12.0 Å². The first kappa shape index (κ1) is 11.7. The van der Waals surface area contributed by atoms with Crippen LogP contribution in [0.15, 0.2) is 46.9 Å². The van der Waals surface area contributed by atoms with Crippen LogP contribution >= 0.6 is 15.9 Å². The summed E-state index contributed by atoms with van der Waals surface area (Å²) in [5.74, 6) is -0.185. The summed E-state index contributed by atoms with van der Waals surface area (Å²) in [4.78, 5) is 0. The molecule has 1 aliphatic heterocycles. The van der Waals surface area contributed by atoms with Crippen molar-refractivity contribution in [1.82, 2.24) is 0 Å². The third-order valence-corrected chi connectivity index (χ3v) is 3.71. The number of nitrogens with one attached hydrogen (secondary N) is 1. The predicted octanol–water partition coefficient (Wildman–Crippen LogP) is 4.17. The molecule has 0 bridgehead atoms. The maximum atomic E-state index is 13.3. The fourth-order valence-electron chi connectivity index (χ4n) is 2.51. The van der Waals surface area contributed by atoms with Gasteiger partial charge in [-0.3, -0.25) is 0 Å². The van der Waals surface area contributed by atoms with Crippen molar-refractivity contribution in [3.05, 3.63) is 63.9 Å². The van der Waals surface area contributed by atoms with Crippen LogP contribution < -0.4 is 5.32 Å². The van der Waals surface area contributed by atoms with E-state index in [-0.39, 0.29) is 5.82 Å². The second-order valence-electron chi connectivity index (χ2n) is 4.68. The van der Waals surface area contributed by atoms with Crippen LogP contribution in [0.5, 0.6) is 0 Å². The van der Waals surface area contributed by atoms with Crippen LogP contribution in [0, 0.1) is 5.82 Å². The molecule has 0 fully saturated rings. The zero-order valence-electron chi connectivity index (χ0n) is 9.79. The largest absolute Gasteiger partial charge is 0.381 e. The van der Waals surface area contributed by atoms with Gasteiger partial charge in [0.2, 0.25) is 0 Å². The van der Waals surface area contributed by atoms with Crippen LogP contribution in [-0.4, -0.2) is 6.04 Å². The van der Waals surface area contributed by atoms with Gasteiger partial charge in [-0.25, -0.2) is 4.39 Å². The lowest BCUT2D eigenvalue weighted by Crippen LogP contribution is -2.18. The van der Waals surface area contributed by atoms with Gasteiger partial charge in [-0.1, -0.05) is 34.1 Å². The van der Waals surface area contributed by atoms with Gasteiger partial charge in [-0.2, -0.15) is 0 Å². The maximum absolute atomic E-state index is 13.3. The molecule has 0 saturated heterocycles. The Balaban J connectivity index is 1.76. The van der Waals surface area contributed by atoms with Gasteiger partial charge < -0.3 is 5.32 Å². The highest BCUT2D eigenvalue weighted by atomic mass is 79.9. The molecule has 1 atom stereocenters. The Hall–Kier alpha value is -1.35. The molecular weight excluding hydrogens is 293 g/mol.